The minimum atomic E-state index is 0.594. The van der Waals surface area contributed by atoms with Crippen LogP contribution in [0.4, 0.5) is 0 Å². The molecule has 0 saturated heterocycles. The highest BCUT2D eigenvalue weighted by Gasteiger charge is 2.21. The molecule has 0 saturated carbocycles. The smallest absolute Gasteiger partial charge is 0.101 e. The first-order valence-electron chi connectivity index (χ1n) is 18.4. The molecule has 10 aromatic rings. The standard InChI is InChI=1S/C51H29N5/c52-30-33-20-24-37(25-21-33)55-49-27-22-34(31-53)28-46(49)45-17-9-16-44(51(45)55)41-14-5-4-13-40(41)39-12-3-2-11-38(39)35-23-26-43-42-15-6-8-19-48(42)56(50(43)29-35)47-18-7-1-10-36(47)32-54/h1-29H. The quantitative estimate of drug-likeness (QED) is 0.178. The molecule has 0 aliphatic carbocycles. The molecule has 5 nitrogen and oxygen atoms in total. The maximum Gasteiger partial charge on any atom is 0.101 e. The molecule has 0 aliphatic heterocycles. The van der Waals surface area contributed by atoms with Gasteiger partial charge in [-0.15, -0.1) is 0 Å². The third kappa shape index (κ3) is 4.99. The van der Waals surface area contributed by atoms with Gasteiger partial charge in [-0.2, -0.15) is 15.8 Å². The van der Waals surface area contributed by atoms with Gasteiger partial charge >= 0.3 is 0 Å². The second-order valence-corrected chi connectivity index (χ2v) is 13.8. The van der Waals surface area contributed by atoms with Crippen LogP contribution in [0.5, 0.6) is 0 Å². The summed E-state index contributed by atoms with van der Waals surface area (Å²) in [7, 11) is 0. The van der Waals surface area contributed by atoms with Crippen LogP contribution in [0.3, 0.4) is 0 Å². The van der Waals surface area contributed by atoms with Gasteiger partial charge in [0.2, 0.25) is 0 Å². The predicted molar refractivity (Wildman–Crippen MR) is 226 cm³/mol. The maximum atomic E-state index is 10.1. The highest BCUT2D eigenvalue weighted by atomic mass is 15.0. The van der Waals surface area contributed by atoms with Crippen LogP contribution < -0.4 is 0 Å². The van der Waals surface area contributed by atoms with Crippen molar-refractivity contribution < 1.29 is 0 Å². The summed E-state index contributed by atoms with van der Waals surface area (Å²) >= 11 is 0. The molecule has 0 amide bonds. The summed E-state index contributed by atoms with van der Waals surface area (Å²) in [6.07, 6.45) is 0. The van der Waals surface area contributed by atoms with E-state index >= 15 is 0 Å². The number of aromatic nitrogens is 2. The van der Waals surface area contributed by atoms with Crippen molar-refractivity contribution in [3.8, 4) is 63.0 Å². The number of fused-ring (bicyclic) bond motifs is 6. The van der Waals surface area contributed by atoms with Gasteiger partial charge in [0.25, 0.3) is 0 Å². The lowest BCUT2D eigenvalue weighted by molar-refractivity contribution is 1.17. The molecule has 8 aromatic carbocycles. The van der Waals surface area contributed by atoms with Gasteiger partial charge in [0.1, 0.15) is 6.07 Å². The third-order valence-electron chi connectivity index (χ3n) is 10.9. The summed E-state index contributed by atoms with van der Waals surface area (Å²) in [5.41, 5.74) is 14.1. The summed E-state index contributed by atoms with van der Waals surface area (Å²) in [6, 6.07) is 66.7. The molecule has 2 heterocycles. The Balaban J connectivity index is 1.22. The molecular formula is C51H29N5. The zero-order chi connectivity index (χ0) is 37.8. The predicted octanol–water partition coefficient (Wildman–Crippen LogP) is 12.5. The van der Waals surface area contributed by atoms with E-state index in [0.29, 0.717) is 16.7 Å². The number of rotatable bonds is 5. The van der Waals surface area contributed by atoms with E-state index in [0.717, 1.165) is 88.4 Å². The molecule has 0 N–H and O–H groups in total. The van der Waals surface area contributed by atoms with E-state index in [4.69, 9.17) is 0 Å². The van der Waals surface area contributed by atoms with E-state index in [1.807, 2.05) is 72.8 Å². The lowest BCUT2D eigenvalue weighted by Crippen LogP contribution is -1.97. The van der Waals surface area contributed by atoms with Gasteiger partial charge in [0.15, 0.2) is 0 Å². The van der Waals surface area contributed by atoms with Crippen LogP contribution in [0.1, 0.15) is 16.7 Å². The Morgan fingerprint density at radius 1 is 0.357 bits per heavy atom. The van der Waals surface area contributed by atoms with Gasteiger partial charge < -0.3 is 9.13 Å². The van der Waals surface area contributed by atoms with E-state index in [1.165, 1.54) is 0 Å². The molecule has 0 aliphatic rings. The molecule has 2 aromatic heterocycles. The third-order valence-corrected chi connectivity index (χ3v) is 10.9. The minimum absolute atomic E-state index is 0.594. The number of hydrogen-bond acceptors (Lipinski definition) is 3. The van der Waals surface area contributed by atoms with Gasteiger partial charge in [0, 0.05) is 32.8 Å². The second-order valence-electron chi connectivity index (χ2n) is 13.8. The van der Waals surface area contributed by atoms with Crippen molar-refractivity contribution in [2.24, 2.45) is 0 Å². The van der Waals surface area contributed by atoms with Gasteiger partial charge in [-0.1, -0.05) is 109 Å². The summed E-state index contributed by atoms with van der Waals surface area (Å²) < 4.78 is 4.46. The molecule has 0 fully saturated rings. The Bertz CT molecular complexity index is 3340. The fourth-order valence-corrected chi connectivity index (χ4v) is 8.39. The first-order valence-corrected chi connectivity index (χ1v) is 18.4. The Morgan fingerprint density at radius 2 is 0.946 bits per heavy atom. The van der Waals surface area contributed by atoms with Crippen molar-refractivity contribution in [2.75, 3.05) is 0 Å². The molecule has 0 bridgehead atoms. The van der Waals surface area contributed by atoms with Crippen LogP contribution >= 0.6 is 0 Å². The first-order chi connectivity index (χ1) is 27.7. The van der Waals surface area contributed by atoms with E-state index in [1.54, 1.807) is 0 Å². The van der Waals surface area contributed by atoms with Gasteiger partial charge in [-0.05, 0) is 94.5 Å². The topological polar surface area (TPSA) is 81.2 Å². The number of benzene rings is 8. The van der Waals surface area contributed by atoms with Crippen LogP contribution in [0.25, 0.3) is 88.4 Å². The zero-order valence-electron chi connectivity index (χ0n) is 30.0. The normalized spacial score (nSPS) is 11.2. The SMILES string of the molecule is N#Cc1ccc(-n2c3ccc(C#N)cc3c3cccc(-c4ccccc4-c4ccccc4-c4ccc5c6ccccc6n(-c6ccccc6C#N)c5c4)c32)cc1. The Kier molecular flexibility index (Phi) is 7.57. The lowest BCUT2D eigenvalue weighted by Gasteiger charge is -2.17. The Morgan fingerprint density at radius 3 is 1.71 bits per heavy atom. The summed E-state index contributed by atoms with van der Waals surface area (Å²) in [6.45, 7) is 0. The van der Waals surface area contributed by atoms with Gasteiger partial charge in [-0.25, -0.2) is 0 Å². The van der Waals surface area contributed by atoms with Crippen LogP contribution in [-0.4, -0.2) is 9.13 Å². The van der Waals surface area contributed by atoms with Crippen molar-refractivity contribution in [1.29, 1.82) is 15.8 Å². The fraction of sp³-hybridized carbons (Fsp3) is 0. The van der Waals surface area contributed by atoms with Crippen molar-refractivity contribution in [2.45, 2.75) is 0 Å². The Labute approximate surface area is 323 Å². The van der Waals surface area contributed by atoms with Crippen LogP contribution in [0, 0.1) is 34.0 Å². The highest BCUT2D eigenvalue weighted by Crippen LogP contribution is 2.44. The molecule has 56 heavy (non-hydrogen) atoms. The van der Waals surface area contributed by atoms with Crippen molar-refractivity contribution in [3.05, 3.63) is 193 Å². The van der Waals surface area contributed by atoms with Crippen LogP contribution in [-0.2, 0) is 0 Å². The summed E-state index contributed by atoms with van der Waals surface area (Å²) in [5.74, 6) is 0. The summed E-state index contributed by atoms with van der Waals surface area (Å²) in [4.78, 5) is 0. The number of hydrogen-bond donors (Lipinski definition) is 0. The molecule has 5 heteroatoms. The first kappa shape index (κ1) is 32.5. The highest BCUT2D eigenvalue weighted by molar-refractivity contribution is 6.15. The minimum Gasteiger partial charge on any atom is -0.309 e. The zero-order valence-corrected chi connectivity index (χ0v) is 30.0. The summed E-state index contributed by atoms with van der Waals surface area (Å²) in [5, 5.41) is 33.8. The van der Waals surface area contributed by atoms with E-state index in [-0.39, 0.29) is 0 Å². The molecule has 0 unspecified atom stereocenters. The van der Waals surface area contributed by atoms with E-state index < -0.39 is 0 Å². The molecule has 10 rings (SSSR count). The maximum absolute atomic E-state index is 10.1. The average Bonchev–Trinajstić information content (AvgIpc) is 3.78. The van der Waals surface area contributed by atoms with E-state index in [2.05, 4.69) is 130 Å². The van der Waals surface area contributed by atoms with Crippen molar-refractivity contribution in [1.82, 2.24) is 9.13 Å². The van der Waals surface area contributed by atoms with E-state index in [9.17, 15) is 15.8 Å². The average molecular weight is 712 g/mol. The van der Waals surface area contributed by atoms with Gasteiger partial charge in [-0.3, -0.25) is 0 Å². The number of para-hydroxylation sites is 3. The molecule has 258 valence electrons. The number of nitrogens with zero attached hydrogens (tertiary/aromatic N) is 5. The van der Waals surface area contributed by atoms with Crippen molar-refractivity contribution >= 4 is 43.6 Å². The Hall–Kier alpha value is -8.17. The monoisotopic (exact) mass is 711 g/mol. The second kappa shape index (κ2) is 13.0. The van der Waals surface area contributed by atoms with Crippen molar-refractivity contribution in [3.63, 3.8) is 0 Å². The van der Waals surface area contributed by atoms with Crippen LogP contribution in [0.2, 0.25) is 0 Å². The molecule has 0 radical (unpaired) electrons. The lowest BCUT2D eigenvalue weighted by atomic mass is 9.88. The molecule has 0 atom stereocenters. The fourth-order valence-electron chi connectivity index (χ4n) is 8.39. The van der Waals surface area contributed by atoms with Crippen LogP contribution in [0.15, 0.2) is 176 Å². The molecular weight excluding hydrogens is 683 g/mol. The number of nitriles is 3. The molecule has 0 spiro atoms. The largest absolute Gasteiger partial charge is 0.309 e. The van der Waals surface area contributed by atoms with Gasteiger partial charge in [0.05, 0.1) is 56.6 Å².